The van der Waals surface area contributed by atoms with E-state index in [1.54, 1.807) is 0 Å². The largest absolute Gasteiger partial charge is 0.314 e. The van der Waals surface area contributed by atoms with Crippen molar-refractivity contribution < 1.29 is 1.43 Å². The van der Waals surface area contributed by atoms with Crippen LogP contribution in [0.5, 0.6) is 0 Å². The SMILES string of the molecule is CCN1CCC2C(CNC2C)C1.[HH]. The lowest BCUT2D eigenvalue weighted by atomic mass is 9.85. The molecule has 2 saturated heterocycles. The highest BCUT2D eigenvalue weighted by atomic mass is 15.1. The molecule has 72 valence electrons. The van der Waals surface area contributed by atoms with Gasteiger partial charge >= 0.3 is 0 Å². The molecule has 0 amide bonds. The van der Waals surface area contributed by atoms with Crippen molar-refractivity contribution in [3.8, 4) is 0 Å². The molecule has 2 aliphatic heterocycles. The first kappa shape index (κ1) is 8.52. The van der Waals surface area contributed by atoms with E-state index in [2.05, 4.69) is 24.1 Å². The van der Waals surface area contributed by atoms with Crippen LogP contribution in [0.4, 0.5) is 0 Å². The van der Waals surface area contributed by atoms with E-state index in [0.29, 0.717) is 0 Å². The van der Waals surface area contributed by atoms with Crippen molar-refractivity contribution >= 4 is 0 Å². The van der Waals surface area contributed by atoms with Crippen LogP contribution in [0.3, 0.4) is 0 Å². The first-order valence-electron chi connectivity index (χ1n) is 5.27. The second-order valence-corrected chi connectivity index (χ2v) is 4.30. The second kappa shape index (κ2) is 3.35. The van der Waals surface area contributed by atoms with Crippen LogP contribution in [-0.4, -0.2) is 37.1 Å². The minimum absolute atomic E-state index is 0. The van der Waals surface area contributed by atoms with Crippen LogP contribution in [0.1, 0.15) is 21.7 Å². The third-order valence-electron chi connectivity index (χ3n) is 3.67. The van der Waals surface area contributed by atoms with E-state index in [0.717, 1.165) is 17.9 Å². The minimum atomic E-state index is 0. The molecular weight excluding hydrogens is 148 g/mol. The molecule has 0 saturated carbocycles. The molecule has 2 fully saturated rings. The molecule has 0 bridgehead atoms. The number of hydrogen-bond acceptors (Lipinski definition) is 2. The zero-order valence-corrected chi connectivity index (χ0v) is 8.21. The van der Waals surface area contributed by atoms with Crippen molar-refractivity contribution in [3.63, 3.8) is 0 Å². The topological polar surface area (TPSA) is 15.3 Å². The zero-order valence-electron chi connectivity index (χ0n) is 8.21. The van der Waals surface area contributed by atoms with Gasteiger partial charge in [-0.2, -0.15) is 0 Å². The van der Waals surface area contributed by atoms with Gasteiger partial charge in [0.25, 0.3) is 0 Å². The number of nitrogens with one attached hydrogen (secondary N) is 1. The van der Waals surface area contributed by atoms with E-state index in [-0.39, 0.29) is 1.43 Å². The first-order valence-corrected chi connectivity index (χ1v) is 5.27. The van der Waals surface area contributed by atoms with Gasteiger partial charge in [0.15, 0.2) is 0 Å². The molecular formula is C10H22N2. The number of fused-ring (bicyclic) bond motifs is 1. The van der Waals surface area contributed by atoms with Gasteiger partial charge in [-0.1, -0.05) is 6.92 Å². The summed E-state index contributed by atoms with van der Waals surface area (Å²) in [6, 6.07) is 0.772. The van der Waals surface area contributed by atoms with Crippen molar-refractivity contribution in [2.24, 2.45) is 11.8 Å². The van der Waals surface area contributed by atoms with Gasteiger partial charge < -0.3 is 10.2 Å². The summed E-state index contributed by atoms with van der Waals surface area (Å²) in [7, 11) is 0. The standard InChI is InChI=1S/C10H20N2.H2/c1-3-12-5-4-10-8(2)11-6-9(10)7-12;/h8-11H,3-7H2,1-2H3;1H. The van der Waals surface area contributed by atoms with Crippen LogP contribution in [0.25, 0.3) is 0 Å². The van der Waals surface area contributed by atoms with Gasteiger partial charge in [-0.25, -0.2) is 0 Å². The molecule has 2 rings (SSSR count). The van der Waals surface area contributed by atoms with Crippen LogP contribution in [0.15, 0.2) is 0 Å². The van der Waals surface area contributed by atoms with E-state index >= 15 is 0 Å². The fourth-order valence-electron chi connectivity index (χ4n) is 2.78. The summed E-state index contributed by atoms with van der Waals surface area (Å²) in [4.78, 5) is 2.58. The quantitative estimate of drug-likeness (QED) is 0.636. The smallest absolute Gasteiger partial charge is 0.00712 e. The summed E-state index contributed by atoms with van der Waals surface area (Å²) in [6.07, 6.45) is 1.41. The molecule has 0 radical (unpaired) electrons. The Bertz CT molecular complexity index is 163. The van der Waals surface area contributed by atoms with Crippen LogP contribution in [-0.2, 0) is 0 Å². The molecule has 0 aromatic rings. The predicted molar refractivity (Wildman–Crippen MR) is 53.3 cm³/mol. The summed E-state index contributed by atoms with van der Waals surface area (Å²) < 4.78 is 0. The van der Waals surface area contributed by atoms with E-state index in [1.807, 2.05) is 0 Å². The Morgan fingerprint density at radius 3 is 3.17 bits per heavy atom. The van der Waals surface area contributed by atoms with Gasteiger partial charge in [-0.15, -0.1) is 0 Å². The molecule has 0 aromatic carbocycles. The number of nitrogens with zero attached hydrogens (tertiary/aromatic N) is 1. The van der Waals surface area contributed by atoms with Gasteiger partial charge in [0, 0.05) is 14.0 Å². The summed E-state index contributed by atoms with van der Waals surface area (Å²) in [5.74, 6) is 1.90. The Morgan fingerprint density at radius 2 is 2.42 bits per heavy atom. The number of likely N-dealkylation sites (tertiary alicyclic amines) is 1. The second-order valence-electron chi connectivity index (χ2n) is 4.30. The highest BCUT2D eigenvalue weighted by Crippen LogP contribution is 2.30. The van der Waals surface area contributed by atoms with Crippen molar-refractivity contribution in [1.82, 2.24) is 10.2 Å². The molecule has 3 unspecified atom stereocenters. The van der Waals surface area contributed by atoms with E-state index in [1.165, 1.54) is 32.6 Å². The van der Waals surface area contributed by atoms with Gasteiger partial charge in [-0.05, 0) is 44.8 Å². The summed E-state index contributed by atoms with van der Waals surface area (Å²) in [5, 5.41) is 3.58. The maximum atomic E-state index is 3.58. The summed E-state index contributed by atoms with van der Waals surface area (Å²) in [5.41, 5.74) is 0. The van der Waals surface area contributed by atoms with Crippen LogP contribution < -0.4 is 5.32 Å². The Kier molecular flexibility index (Phi) is 2.37. The van der Waals surface area contributed by atoms with E-state index in [4.69, 9.17) is 0 Å². The maximum Gasteiger partial charge on any atom is 0.00712 e. The predicted octanol–water partition coefficient (Wildman–Crippen LogP) is 1.18. The lowest BCUT2D eigenvalue weighted by Gasteiger charge is -2.34. The zero-order chi connectivity index (χ0) is 8.55. The Morgan fingerprint density at radius 1 is 1.58 bits per heavy atom. The number of piperidine rings is 1. The third kappa shape index (κ3) is 1.38. The molecule has 0 aromatic heterocycles. The fourth-order valence-corrected chi connectivity index (χ4v) is 2.78. The molecule has 0 aliphatic carbocycles. The van der Waals surface area contributed by atoms with Crippen molar-refractivity contribution in [2.45, 2.75) is 26.3 Å². The molecule has 2 heteroatoms. The summed E-state index contributed by atoms with van der Waals surface area (Å²) in [6.45, 7) is 9.75. The average molecular weight is 170 g/mol. The molecule has 2 heterocycles. The Labute approximate surface area is 76.8 Å². The number of hydrogen-bond donors (Lipinski definition) is 1. The third-order valence-corrected chi connectivity index (χ3v) is 3.67. The highest BCUT2D eigenvalue weighted by Gasteiger charge is 2.36. The molecule has 2 nitrogen and oxygen atoms in total. The van der Waals surface area contributed by atoms with E-state index < -0.39 is 0 Å². The molecule has 2 aliphatic rings. The van der Waals surface area contributed by atoms with Crippen molar-refractivity contribution in [3.05, 3.63) is 0 Å². The lowest BCUT2D eigenvalue weighted by molar-refractivity contribution is 0.145. The molecule has 3 atom stereocenters. The minimum Gasteiger partial charge on any atom is -0.314 e. The Hall–Kier alpha value is -0.0800. The van der Waals surface area contributed by atoms with E-state index in [9.17, 15) is 0 Å². The fraction of sp³-hybridized carbons (Fsp3) is 1.00. The van der Waals surface area contributed by atoms with Crippen LogP contribution in [0.2, 0.25) is 0 Å². The monoisotopic (exact) mass is 170 g/mol. The Balaban J connectivity index is 0.000000845. The summed E-state index contributed by atoms with van der Waals surface area (Å²) >= 11 is 0. The lowest BCUT2D eigenvalue weighted by Crippen LogP contribution is -2.40. The van der Waals surface area contributed by atoms with Crippen molar-refractivity contribution in [2.75, 3.05) is 26.2 Å². The van der Waals surface area contributed by atoms with Gasteiger partial charge in [0.05, 0.1) is 0 Å². The maximum absolute atomic E-state index is 3.58. The number of rotatable bonds is 1. The van der Waals surface area contributed by atoms with Gasteiger partial charge in [-0.3, -0.25) is 0 Å². The van der Waals surface area contributed by atoms with Gasteiger partial charge in [0.2, 0.25) is 0 Å². The van der Waals surface area contributed by atoms with Gasteiger partial charge in [0.1, 0.15) is 0 Å². The highest BCUT2D eigenvalue weighted by molar-refractivity contribution is 4.92. The normalized spacial score (nSPS) is 43.0. The molecule has 0 spiro atoms. The molecule has 1 N–H and O–H groups in total. The first-order chi connectivity index (χ1) is 5.81. The van der Waals surface area contributed by atoms with Crippen LogP contribution >= 0.6 is 0 Å². The van der Waals surface area contributed by atoms with Crippen molar-refractivity contribution in [1.29, 1.82) is 0 Å². The molecule has 12 heavy (non-hydrogen) atoms. The average Bonchev–Trinajstić information content (AvgIpc) is 2.47. The van der Waals surface area contributed by atoms with Crippen LogP contribution in [0, 0.1) is 11.8 Å².